The van der Waals surface area contributed by atoms with Gasteiger partial charge in [0.25, 0.3) is 0 Å². The highest BCUT2D eigenvalue weighted by molar-refractivity contribution is 7.19. The van der Waals surface area contributed by atoms with Crippen molar-refractivity contribution in [3.8, 4) is 0 Å². The molecule has 1 aliphatic carbocycles. The van der Waals surface area contributed by atoms with E-state index >= 15 is 0 Å². The zero-order valence-corrected chi connectivity index (χ0v) is 13.7. The Labute approximate surface area is 130 Å². The van der Waals surface area contributed by atoms with Gasteiger partial charge in [-0.2, -0.15) is 0 Å². The van der Waals surface area contributed by atoms with Gasteiger partial charge in [-0.1, -0.05) is 32.3 Å². The summed E-state index contributed by atoms with van der Waals surface area (Å²) < 4.78 is 14.4. The van der Waals surface area contributed by atoms with Crippen LogP contribution in [0.2, 0.25) is 0 Å². The van der Waals surface area contributed by atoms with Gasteiger partial charge in [0.05, 0.1) is 0 Å². The van der Waals surface area contributed by atoms with Gasteiger partial charge in [-0.25, -0.2) is 4.39 Å². The zero-order chi connectivity index (χ0) is 14.8. The van der Waals surface area contributed by atoms with Crippen molar-refractivity contribution in [2.45, 2.75) is 45.1 Å². The molecule has 1 aliphatic rings. The highest BCUT2D eigenvalue weighted by Crippen LogP contribution is 2.41. The van der Waals surface area contributed by atoms with E-state index in [2.05, 4.69) is 25.4 Å². The van der Waals surface area contributed by atoms with Crippen LogP contribution in [-0.4, -0.2) is 7.05 Å². The lowest BCUT2D eigenvalue weighted by molar-refractivity contribution is 0.226. The summed E-state index contributed by atoms with van der Waals surface area (Å²) in [6.07, 6.45) is 6.66. The van der Waals surface area contributed by atoms with Gasteiger partial charge in [0.2, 0.25) is 0 Å². The van der Waals surface area contributed by atoms with Crippen LogP contribution in [0.1, 0.15) is 49.9 Å². The minimum Gasteiger partial charge on any atom is -0.312 e. The molecule has 0 spiro atoms. The van der Waals surface area contributed by atoms with Crippen molar-refractivity contribution in [1.82, 2.24) is 5.32 Å². The molecule has 3 rings (SSSR count). The first-order chi connectivity index (χ1) is 10.2. The summed E-state index contributed by atoms with van der Waals surface area (Å²) >= 11 is 1.74. The van der Waals surface area contributed by atoms with E-state index in [9.17, 15) is 4.39 Å². The monoisotopic (exact) mass is 305 g/mol. The molecule has 1 heterocycles. The lowest BCUT2D eigenvalue weighted by atomic mass is 9.77. The fourth-order valence-corrected chi connectivity index (χ4v) is 5.01. The minimum atomic E-state index is -0.139. The SMILES string of the molecule is CCC1CCC(C(NC)c2cc3ccc(F)cc3s2)CC1. The van der Waals surface area contributed by atoms with Crippen molar-refractivity contribution < 1.29 is 4.39 Å². The molecule has 1 saturated carbocycles. The Hall–Kier alpha value is -0.930. The van der Waals surface area contributed by atoms with Crippen molar-refractivity contribution in [2.75, 3.05) is 7.05 Å². The first-order valence-corrected chi connectivity index (χ1v) is 8.89. The Morgan fingerprint density at radius 1 is 1.24 bits per heavy atom. The van der Waals surface area contributed by atoms with Crippen LogP contribution < -0.4 is 5.32 Å². The second-order valence-electron chi connectivity index (χ2n) is 6.29. The van der Waals surface area contributed by atoms with Crippen LogP contribution in [0.3, 0.4) is 0 Å². The number of fused-ring (bicyclic) bond motifs is 1. The Morgan fingerprint density at radius 3 is 2.67 bits per heavy atom. The summed E-state index contributed by atoms with van der Waals surface area (Å²) in [4.78, 5) is 1.36. The molecule has 1 unspecified atom stereocenters. The molecule has 0 bridgehead atoms. The first kappa shape index (κ1) is 15.0. The molecule has 1 aromatic heterocycles. The average molecular weight is 305 g/mol. The molecule has 1 atom stereocenters. The van der Waals surface area contributed by atoms with E-state index in [4.69, 9.17) is 0 Å². The average Bonchev–Trinajstić information content (AvgIpc) is 2.91. The molecule has 21 heavy (non-hydrogen) atoms. The van der Waals surface area contributed by atoms with Gasteiger partial charge in [0.15, 0.2) is 0 Å². The largest absolute Gasteiger partial charge is 0.312 e. The molecule has 114 valence electrons. The van der Waals surface area contributed by atoms with E-state index in [1.54, 1.807) is 23.5 Å². The predicted octanol–water partition coefficient (Wildman–Crippen LogP) is 5.52. The summed E-state index contributed by atoms with van der Waals surface area (Å²) in [6.45, 7) is 2.31. The Kier molecular flexibility index (Phi) is 4.60. The fourth-order valence-electron chi connectivity index (χ4n) is 3.72. The zero-order valence-electron chi connectivity index (χ0n) is 12.9. The third-order valence-electron chi connectivity index (χ3n) is 5.06. The first-order valence-electron chi connectivity index (χ1n) is 8.07. The van der Waals surface area contributed by atoms with Crippen LogP contribution in [0.25, 0.3) is 10.1 Å². The van der Waals surface area contributed by atoms with Crippen LogP contribution in [0, 0.1) is 17.7 Å². The summed E-state index contributed by atoms with van der Waals surface area (Å²) in [5.74, 6) is 1.51. The van der Waals surface area contributed by atoms with Gasteiger partial charge in [-0.3, -0.25) is 0 Å². The molecule has 1 nitrogen and oxygen atoms in total. The second-order valence-corrected chi connectivity index (χ2v) is 7.40. The number of rotatable bonds is 4. The van der Waals surface area contributed by atoms with Crippen LogP contribution >= 0.6 is 11.3 Å². The number of nitrogens with one attached hydrogen (secondary N) is 1. The minimum absolute atomic E-state index is 0.139. The molecule has 0 aliphatic heterocycles. The van der Waals surface area contributed by atoms with Gasteiger partial charge < -0.3 is 5.32 Å². The molecule has 1 aromatic carbocycles. The topological polar surface area (TPSA) is 12.0 Å². The van der Waals surface area contributed by atoms with Crippen molar-refractivity contribution in [2.24, 2.45) is 11.8 Å². The van der Waals surface area contributed by atoms with E-state index in [1.165, 1.54) is 42.4 Å². The highest BCUT2D eigenvalue weighted by atomic mass is 32.1. The Balaban J connectivity index is 1.81. The van der Waals surface area contributed by atoms with Gasteiger partial charge in [-0.05, 0) is 55.3 Å². The molecule has 1 N–H and O–H groups in total. The molecule has 3 heteroatoms. The van der Waals surface area contributed by atoms with Crippen LogP contribution in [0.5, 0.6) is 0 Å². The molecule has 1 fully saturated rings. The molecule has 0 saturated heterocycles. The van der Waals surface area contributed by atoms with Gasteiger partial charge in [-0.15, -0.1) is 11.3 Å². The summed E-state index contributed by atoms with van der Waals surface area (Å²) in [5, 5.41) is 4.68. The van der Waals surface area contributed by atoms with Crippen LogP contribution in [-0.2, 0) is 0 Å². The smallest absolute Gasteiger partial charge is 0.124 e. The van der Waals surface area contributed by atoms with Crippen molar-refractivity contribution >= 4 is 21.4 Å². The van der Waals surface area contributed by atoms with E-state index < -0.39 is 0 Å². The molecule has 2 aromatic rings. The Morgan fingerprint density at radius 2 is 2.00 bits per heavy atom. The summed E-state index contributed by atoms with van der Waals surface area (Å²) in [5.41, 5.74) is 0. The van der Waals surface area contributed by atoms with Gasteiger partial charge in [0, 0.05) is 15.6 Å². The number of benzene rings is 1. The maximum atomic E-state index is 13.4. The van der Waals surface area contributed by atoms with E-state index in [-0.39, 0.29) is 5.82 Å². The third-order valence-corrected chi connectivity index (χ3v) is 6.24. The van der Waals surface area contributed by atoms with E-state index in [1.807, 2.05) is 6.07 Å². The standard InChI is InChI=1S/C18H24FNS/c1-3-12-4-6-13(7-5-12)18(20-2)17-10-14-8-9-15(19)11-16(14)21-17/h8-13,18,20H,3-7H2,1-2H3. The van der Waals surface area contributed by atoms with E-state index in [0.717, 1.165) is 16.5 Å². The normalized spacial score (nSPS) is 24.3. The van der Waals surface area contributed by atoms with Crippen molar-refractivity contribution in [1.29, 1.82) is 0 Å². The maximum Gasteiger partial charge on any atom is 0.124 e. The maximum absolute atomic E-state index is 13.4. The molecular formula is C18H24FNS. The second kappa shape index (κ2) is 6.45. The quantitative estimate of drug-likeness (QED) is 0.784. The van der Waals surface area contributed by atoms with Crippen molar-refractivity contribution in [3.63, 3.8) is 0 Å². The van der Waals surface area contributed by atoms with Crippen LogP contribution in [0.4, 0.5) is 4.39 Å². The predicted molar refractivity (Wildman–Crippen MR) is 89.3 cm³/mol. The highest BCUT2D eigenvalue weighted by Gasteiger charge is 2.28. The van der Waals surface area contributed by atoms with E-state index in [0.29, 0.717) is 6.04 Å². The molecule has 0 radical (unpaired) electrons. The number of hydrogen-bond donors (Lipinski definition) is 1. The van der Waals surface area contributed by atoms with Crippen molar-refractivity contribution in [3.05, 3.63) is 35.0 Å². The number of thiophene rings is 1. The fraction of sp³-hybridized carbons (Fsp3) is 0.556. The molecule has 0 amide bonds. The van der Waals surface area contributed by atoms with Crippen LogP contribution in [0.15, 0.2) is 24.3 Å². The number of hydrogen-bond acceptors (Lipinski definition) is 2. The summed E-state index contributed by atoms with van der Waals surface area (Å²) in [7, 11) is 2.06. The summed E-state index contributed by atoms with van der Waals surface area (Å²) in [6, 6.07) is 7.77. The van der Waals surface area contributed by atoms with Gasteiger partial charge in [0.1, 0.15) is 5.82 Å². The Bertz CT molecular complexity index is 598. The lowest BCUT2D eigenvalue weighted by Crippen LogP contribution is -2.28. The molecular weight excluding hydrogens is 281 g/mol. The van der Waals surface area contributed by atoms with Gasteiger partial charge >= 0.3 is 0 Å². The lowest BCUT2D eigenvalue weighted by Gasteiger charge is -2.33. The third kappa shape index (κ3) is 3.14. The number of halogens is 1.